The lowest BCUT2D eigenvalue weighted by Gasteiger charge is -2.35. The van der Waals surface area contributed by atoms with Crippen LogP contribution in [-0.2, 0) is 12.8 Å². The summed E-state index contributed by atoms with van der Waals surface area (Å²) < 4.78 is 0. The summed E-state index contributed by atoms with van der Waals surface area (Å²) in [6, 6.07) is 0. The number of nitrogens with one attached hydrogen (secondary N) is 1. The summed E-state index contributed by atoms with van der Waals surface area (Å²) in [6.07, 6.45) is 11.6. The fourth-order valence-electron chi connectivity index (χ4n) is 3.57. The Labute approximate surface area is 127 Å². The average molecular weight is 289 g/mol. The average Bonchev–Trinajstić information content (AvgIpc) is 2.74. The monoisotopic (exact) mass is 289 g/mol. The van der Waals surface area contributed by atoms with Crippen molar-refractivity contribution in [2.45, 2.75) is 70.3 Å². The summed E-state index contributed by atoms with van der Waals surface area (Å²) in [4.78, 5) is 8.88. The van der Waals surface area contributed by atoms with Crippen LogP contribution >= 0.6 is 0 Å². The summed E-state index contributed by atoms with van der Waals surface area (Å²) in [5, 5.41) is 14.1. The van der Waals surface area contributed by atoms with E-state index in [0.717, 1.165) is 50.3 Å². The molecule has 4 heteroatoms. The molecule has 0 amide bonds. The van der Waals surface area contributed by atoms with Crippen molar-refractivity contribution in [2.75, 3.05) is 11.9 Å². The zero-order valence-corrected chi connectivity index (χ0v) is 13.1. The molecule has 2 aliphatic carbocycles. The van der Waals surface area contributed by atoms with Gasteiger partial charge in [0.05, 0.1) is 5.60 Å². The Hall–Kier alpha value is -1.16. The highest BCUT2D eigenvalue weighted by Crippen LogP contribution is 2.32. The third kappa shape index (κ3) is 3.54. The number of aryl methyl sites for hydroxylation is 1. The Balaban J connectivity index is 1.68. The highest BCUT2D eigenvalue weighted by atomic mass is 16.3. The number of hydrogen-bond acceptors (Lipinski definition) is 4. The molecule has 1 heterocycles. The molecule has 0 atom stereocenters. The summed E-state index contributed by atoms with van der Waals surface area (Å²) in [6.45, 7) is 2.89. The first-order valence-corrected chi connectivity index (χ1v) is 8.45. The maximum absolute atomic E-state index is 10.7. The minimum Gasteiger partial charge on any atom is -0.388 e. The number of rotatable bonds is 3. The SMILES string of the molecule is CC1CCC(O)(CNc2ncnc3c2CCCCC3)CC1. The third-order valence-electron chi connectivity index (χ3n) is 5.16. The molecule has 1 aromatic rings. The van der Waals surface area contributed by atoms with Crippen molar-refractivity contribution < 1.29 is 5.11 Å². The molecule has 0 bridgehead atoms. The lowest BCUT2D eigenvalue weighted by molar-refractivity contribution is 0.00493. The fourth-order valence-corrected chi connectivity index (χ4v) is 3.57. The molecule has 0 radical (unpaired) electrons. The van der Waals surface area contributed by atoms with Crippen LogP contribution in [0, 0.1) is 5.92 Å². The first-order chi connectivity index (χ1) is 10.2. The lowest BCUT2D eigenvalue weighted by Crippen LogP contribution is -2.40. The van der Waals surface area contributed by atoms with E-state index in [0.29, 0.717) is 6.54 Å². The second-order valence-corrected chi connectivity index (χ2v) is 6.97. The van der Waals surface area contributed by atoms with Gasteiger partial charge in [0.1, 0.15) is 12.1 Å². The van der Waals surface area contributed by atoms with Gasteiger partial charge in [0.15, 0.2) is 0 Å². The first kappa shape index (κ1) is 14.8. The molecule has 2 N–H and O–H groups in total. The molecular weight excluding hydrogens is 262 g/mol. The molecule has 4 nitrogen and oxygen atoms in total. The predicted molar refractivity (Wildman–Crippen MR) is 84.4 cm³/mol. The summed E-state index contributed by atoms with van der Waals surface area (Å²) in [5.74, 6) is 1.70. The normalized spacial score (nSPS) is 29.5. The number of fused-ring (bicyclic) bond motifs is 1. The van der Waals surface area contributed by atoms with E-state index in [-0.39, 0.29) is 0 Å². The maximum Gasteiger partial charge on any atom is 0.132 e. The Morgan fingerprint density at radius 2 is 1.95 bits per heavy atom. The minimum absolute atomic E-state index is 0.560. The molecule has 116 valence electrons. The summed E-state index contributed by atoms with van der Waals surface area (Å²) >= 11 is 0. The van der Waals surface area contributed by atoms with Crippen LogP contribution in [0.4, 0.5) is 5.82 Å². The van der Waals surface area contributed by atoms with Gasteiger partial charge in [-0.3, -0.25) is 0 Å². The second-order valence-electron chi connectivity index (χ2n) is 6.97. The first-order valence-electron chi connectivity index (χ1n) is 8.45. The van der Waals surface area contributed by atoms with Crippen molar-refractivity contribution in [3.63, 3.8) is 0 Å². The van der Waals surface area contributed by atoms with Crippen LogP contribution in [0.3, 0.4) is 0 Å². The molecule has 21 heavy (non-hydrogen) atoms. The summed E-state index contributed by atoms with van der Waals surface area (Å²) in [5.41, 5.74) is 1.92. The van der Waals surface area contributed by atoms with Crippen LogP contribution in [0.15, 0.2) is 6.33 Å². The molecule has 3 rings (SSSR count). The molecule has 1 saturated carbocycles. The van der Waals surface area contributed by atoms with Gasteiger partial charge in [0, 0.05) is 17.8 Å². The van der Waals surface area contributed by atoms with Crippen LogP contribution in [0.2, 0.25) is 0 Å². The lowest BCUT2D eigenvalue weighted by atomic mass is 9.79. The van der Waals surface area contributed by atoms with E-state index in [2.05, 4.69) is 22.2 Å². The highest BCUT2D eigenvalue weighted by Gasteiger charge is 2.31. The van der Waals surface area contributed by atoms with E-state index in [1.807, 2.05) is 0 Å². The van der Waals surface area contributed by atoms with Gasteiger partial charge in [0.2, 0.25) is 0 Å². The largest absolute Gasteiger partial charge is 0.388 e. The third-order valence-corrected chi connectivity index (χ3v) is 5.16. The zero-order chi connectivity index (χ0) is 14.7. The van der Waals surface area contributed by atoms with Gasteiger partial charge >= 0.3 is 0 Å². The fraction of sp³-hybridized carbons (Fsp3) is 0.765. The quantitative estimate of drug-likeness (QED) is 0.840. The van der Waals surface area contributed by atoms with E-state index in [4.69, 9.17) is 0 Å². The molecule has 1 fully saturated rings. The Kier molecular flexibility index (Phi) is 4.43. The number of nitrogens with zero attached hydrogens (tertiary/aromatic N) is 2. The zero-order valence-electron chi connectivity index (χ0n) is 13.1. The molecule has 1 aromatic heterocycles. The number of aliphatic hydroxyl groups is 1. The highest BCUT2D eigenvalue weighted by molar-refractivity contribution is 5.46. The standard InChI is InChI=1S/C17H27N3O/c1-13-7-9-17(21,10-8-13)11-18-16-14-5-3-2-4-6-15(14)19-12-20-16/h12-13,21H,2-11H2,1H3,(H,18,19,20). The van der Waals surface area contributed by atoms with Crippen LogP contribution in [-0.4, -0.2) is 27.2 Å². The van der Waals surface area contributed by atoms with E-state index in [1.54, 1.807) is 6.33 Å². The molecular formula is C17H27N3O. The van der Waals surface area contributed by atoms with Gasteiger partial charge < -0.3 is 10.4 Å². The van der Waals surface area contributed by atoms with Crippen LogP contribution in [0.5, 0.6) is 0 Å². The van der Waals surface area contributed by atoms with E-state index in [9.17, 15) is 5.11 Å². The van der Waals surface area contributed by atoms with Gasteiger partial charge in [-0.2, -0.15) is 0 Å². The number of aromatic nitrogens is 2. The van der Waals surface area contributed by atoms with Gasteiger partial charge in [-0.15, -0.1) is 0 Å². The number of hydrogen-bond donors (Lipinski definition) is 2. The maximum atomic E-state index is 10.7. The van der Waals surface area contributed by atoms with E-state index < -0.39 is 5.60 Å². The topological polar surface area (TPSA) is 58.0 Å². The van der Waals surface area contributed by atoms with Gasteiger partial charge in [-0.25, -0.2) is 9.97 Å². The van der Waals surface area contributed by atoms with E-state index in [1.165, 1.54) is 30.5 Å². The Morgan fingerprint density at radius 3 is 2.76 bits per heavy atom. The van der Waals surface area contributed by atoms with Crippen molar-refractivity contribution in [1.29, 1.82) is 0 Å². The Bertz CT molecular complexity index is 481. The summed E-state index contributed by atoms with van der Waals surface area (Å²) in [7, 11) is 0. The number of anilines is 1. The molecule has 0 aliphatic heterocycles. The molecule has 0 spiro atoms. The molecule has 2 aliphatic rings. The van der Waals surface area contributed by atoms with Gasteiger partial charge in [-0.1, -0.05) is 13.3 Å². The minimum atomic E-state index is -0.560. The molecule has 0 unspecified atom stereocenters. The predicted octanol–water partition coefficient (Wildman–Crippen LogP) is 3.10. The van der Waals surface area contributed by atoms with Crippen molar-refractivity contribution in [3.05, 3.63) is 17.6 Å². The van der Waals surface area contributed by atoms with Crippen molar-refractivity contribution in [3.8, 4) is 0 Å². The second kappa shape index (κ2) is 6.30. The smallest absolute Gasteiger partial charge is 0.132 e. The molecule has 0 saturated heterocycles. The molecule has 0 aromatic carbocycles. The van der Waals surface area contributed by atoms with Crippen molar-refractivity contribution in [1.82, 2.24) is 9.97 Å². The van der Waals surface area contributed by atoms with E-state index >= 15 is 0 Å². The van der Waals surface area contributed by atoms with Crippen LogP contribution in [0.1, 0.15) is 63.1 Å². The van der Waals surface area contributed by atoms with Gasteiger partial charge in [0.25, 0.3) is 0 Å². The Morgan fingerprint density at radius 1 is 1.19 bits per heavy atom. The van der Waals surface area contributed by atoms with Crippen LogP contribution < -0.4 is 5.32 Å². The van der Waals surface area contributed by atoms with Crippen molar-refractivity contribution in [2.24, 2.45) is 5.92 Å². The van der Waals surface area contributed by atoms with Crippen molar-refractivity contribution >= 4 is 5.82 Å². The van der Waals surface area contributed by atoms with Crippen LogP contribution in [0.25, 0.3) is 0 Å². The van der Waals surface area contributed by atoms with Gasteiger partial charge in [-0.05, 0) is 57.3 Å².